The van der Waals surface area contributed by atoms with Crippen LogP contribution < -0.4 is 0 Å². The number of ketones is 1. The number of allylic oxidation sites excluding steroid dienone is 2. The number of hydrogen-bond donors (Lipinski definition) is 0. The molecule has 0 aromatic heterocycles. The lowest BCUT2D eigenvalue weighted by Crippen LogP contribution is -2.30. The van der Waals surface area contributed by atoms with Crippen LogP contribution in [0.15, 0.2) is 35.4 Å². The van der Waals surface area contributed by atoms with Gasteiger partial charge < -0.3 is 9.05 Å². The molecule has 134 valence electrons. The molecule has 0 bridgehead atoms. The summed E-state index contributed by atoms with van der Waals surface area (Å²) >= 11 is 0. The van der Waals surface area contributed by atoms with Gasteiger partial charge in [-0.1, -0.05) is 50.1 Å². The van der Waals surface area contributed by atoms with Gasteiger partial charge in [0.1, 0.15) is 5.66 Å². The zero-order valence-electron chi connectivity index (χ0n) is 14.9. The second-order valence-corrected chi connectivity index (χ2v) is 10.3. The Morgan fingerprint density at radius 2 is 1.68 bits per heavy atom. The van der Waals surface area contributed by atoms with Crippen molar-refractivity contribution >= 4 is 13.4 Å². The van der Waals surface area contributed by atoms with Gasteiger partial charge in [0.2, 0.25) is 0 Å². The van der Waals surface area contributed by atoms with Gasteiger partial charge in [-0.25, -0.2) is 0 Å². The topological polar surface area (TPSA) is 52.6 Å². The maximum Gasteiger partial charge on any atom is 0.342 e. The van der Waals surface area contributed by atoms with Crippen LogP contribution in [0.1, 0.15) is 67.5 Å². The van der Waals surface area contributed by atoms with E-state index in [1.807, 2.05) is 38.1 Å². The largest absolute Gasteiger partial charge is 0.342 e. The molecule has 1 atom stereocenters. The molecule has 1 aliphatic heterocycles. The van der Waals surface area contributed by atoms with Gasteiger partial charge in [-0.2, -0.15) is 0 Å². The molecule has 1 unspecified atom stereocenters. The monoisotopic (exact) mass is 360 g/mol. The van der Waals surface area contributed by atoms with Crippen LogP contribution in [0.5, 0.6) is 0 Å². The highest BCUT2D eigenvalue weighted by Crippen LogP contribution is 2.69. The van der Waals surface area contributed by atoms with Crippen LogP contribution in [0.25, 0.3) is 0 Å². The fourth-order valence-electron chi connectivity index (χ4n) is 4.05. The third-order valence-corrected chi connectivity index (χ3v) is 7.59. The molecule has 1 aromatic rings. The van der Waals surface area contributed by atoms with E-state index in [-0.39, 0.29) is 11.2 Å². The van der Waals surface area contributed by atoms with E-state index >= 15 is 0 Å². The quantitative estimate of drug-likeness (QED) is 0.493. The minimum absolute atomic E-state index is 0.0183. The molecular formula is C20H25O4P. The number of carbonyl (C=O) groups excluding carboxylic acids is 1. The van der Waals surface area contributed by atoms with Crippen molar-refractivity contribution in [3.05, 3.63) is 46.5 Å². The van der Waals surface area contributed by atoms with Gasteiger partial charge in [0.25, 0.3) is 0 Å². The fourth-order valence-corrected chi connectivity index (χ4v) is 6.67. The van der Waals surface area contributed by atoms with Crippen LogP contribution in [-0.2, 0) is 13.6 Å². The molecule has 2 fully saturated rings. The van der Waals surface area contributed by atoms with E-state index in [0.29, 0.717) is 24.4 Å². The van der Waals surface area contributed by atoms with Crippen LogP contribution in [0.4, 0.5) is 0 Å². The van der Waals surface area contributed by atoms with Gasteiger partial charge in [-0.3, -0.25) is 9.36 Å². The lowest BCUT2D eigenvalue weighted by molar-refractivity contribution is 0.0390. The van der Waals surface area contributed by atoms with Crippen molar-refractivity contribution in [2.75, 3.05) is 13.2 Å². The van der Waals surface area contributed by atoms with Crippen LogP contribution >= 0.6 is 7.60 Å². The van der Waals surface area contributed by atoms with Gasteiger partial charge in [-0.05, 0) is 31.2 Å². The van der Waals surface area contributed by atoms with Crippen molar-refractivity contribution in [2.45, 2.75) is 51.6 Å². The molecule has 0 spiro atoms. The first-order valence-electron chi connectivity index (χ1n) is 9.16. The van der Waals surface area contributed by atoms with Gasteiger partial charge >= 0.3 is 7.60 Å². The predicted molar refractivity (Wildman–Crippen MR) is 96.9 cm³/mol. The van der Waals surface area contributed by atoms with Gasteiger partial charge in [0.15, 0.2) is 5.78 Å². The maximum absolute atomic E-state index is 13.7. The molecule has 0 amide bonds. The summed E-state index contributed by atoms with van der Waals surface area (Å²) in [7, 11) is -3.41. The van der Waals surface area contributed by atoms with E-state index < -0.39 is 13.3 Å². The van der Waals surface area contributed by atoms with Crippen molar-refractivity contribution in [3.63, 3.8) is 0 Å². The highest BCUT2D eigenvalue weighted by molar-refractivity contribution is 7.54. The van der Waals surface area contributed by atoms with Gasteiger partial charge in [-0.15, -0.1) is 0 Å². The van der Waals surface area contributed by atoms with Gasteiger partial charge in [0, 0.05) is 16.6 Å². The lowest BCUT2D eigenvalue weighted by Gasteiger charge is -2.37. The Kier molecular flexibility index (Phi) is 4.26. The minimum atomic E-state index is -3.41. The maximum atomic E-state index is 13.7. The molecule has 1 saturated carbocycles. The molecule has 1 aromatic carbocycles. The molecular weight excluding hydrogens is 335 g/mol. The summed E-state index contributed by atoms with van der Waals surface area (Å²) in [5.74, 6) is 0.0183. The number of hydrogen-bond acceptors (Lipinski definition) is 4. The summed E-state index contributed by atoms with van der Waals surface area (Å²) in [6.07, 6.45) is 5.21. The number of carbonyl (C=O) groups is 1. The SMILES string of the molecule is CC1(C)COP(=O)(C2C(=C3CCCCC3)C(=O)c3ccccc32)OC1. The standard InChI is InChI=1S/C20H25O4P/c1-20(2)12-23-25(22,24-13-20)19-16-11-7-6-10-15(16)18(21)17(19)14-8-4-3-5-9-14/h6-7,10-11,19H,3-5,8-9,12-13H2,1-2H3. The van der Waals surface area contributed by atoms with Crippen molar-refractivity contribution < 1.29 is 18.4 Å². The summed E-state index contributed by atoms with van der Waals surface area (Å²) < 4.78 is 25.3. The zero-order valence-corrected chi connectivity index (χ0v) is 15.8. The molecule has 1 heterocycles. The van der Waals surface area contributed by atoms with E-state index in [2.05, 4.69) is 0 Å². The average Bonchev–Trinajstić information content (AvgIpc) is 2.93. The number of benzene rings is 1. The van der Waals surface area contributed by atoms with Crippen LogP contribution in [0.3, 0.4) is 0 Å². The molecule has 25 heavy (non-hydrogen) atoms. The van der Waals surface area contributed by atoms with Crippen molar-refractivity contribution in [3.8, 4) is 0 Å². The third-order valence-electron chi connectivity index (χ3n) is 5.44. The van der Waals surface area contributed by atoms with Crippen LogP contribution in [-0.4, -0.2) is 19.0 Å². The molecule has 3 aliphatic rings. The zero-order chi connectivity index (χ0) is 17.7. The smallest absolute Gasteiger partial charge is 0.307 e. The van der Waals surface area contributed by atoms with Crippen molar-refractivity contribution in [1.29, 1.82) is 0 Å². The van der Waals surface area contributed by atoms with Crippen LogP contribution in [0.2, 0.25) is 0 Å². The average molecular weight is 360 g/mol. The molecule has 1 saturated heterocycles. The summed E-state index contributed by atoms with van der Waals surface area (Å²) in [6.45, 7) is 4.84. The van der Waals surface area contributed by atoms with E-state index in [4.69, 9.17) is 9.05 Å². The van der Waals surface area contributed by atoms with Crippen LogP contribution in [0, 0.1) is 5.41 Å². The first kappa shape index (κ1) is 17.2. The lowest BCUT2D eigenvalue weighted by atomic mass is 9.89. The third kappa shape index (κ3) is 2.95. The molecule has 2 aliphatic carbocycles. The Hall–Kier alpha value is -1.22. The minimum Gasteiger partial charge on any atom is -0.307 e. The predicted octanol–water partition coefficient (Wildman–Crippen LogP) is 5.45. The first-order chi connectivity index (χ1) is 11.9. The van der Waals surface area contributed by atoms with Crippen molar-refractivity contribution in [1.82, 2.24) is 0 Å². The van der Waals surface area contributed by atoms with E-state index in [9.17, 15) is 9.36 Å². The Bertz CT molecular complexity index is 771. The summed E-state index contributed by atoms with van der Waals surface area (Å²) in [5.41, 5.74) is 2.61. The second-order valence-electron chi connectivity index (χ2n) is 8.15. The normalized spacial score (nSPS) is 28.1. The molecule has 0 N–H and O–H groups in total. The fraction of sp³-hybridized carbons (Fsp3) is 0.550. The van der Waals surface area contributed by atoms with E-state index in [1.54, 1.807) is 0 Å². The number of fused-ring (bicyclic) bond motifs is 1. The molecule has 5 heteroatoms. The highest BCUT2D eigenvalue weighted by Gasteiger charge is 2.51. The Labute approximate surface area is 149 Å². The number of Topliss-reactive ketones (excluding diaryl/α,β-unsaturated/α-hetero) is 1. The summed E-state index contributed by atoms with van der Waals surface area (Å²) in [6, 6.07) is 7.50. The molecule has 4 nitrogen and oxygen atoms in total. The Balaban J connectivity index is 1.82. The molecule has 4 rings (SSSR count). The Morgan fingerprint density at radius 1 is 1.04 bits per heavy atom. The summed E-state index contributed by atoms with van der Waals surface area (Å²) in [5, 5.41) is 0. The van der Waals surface area contributed by atoms with E-state index in [0.717, 1.165) is 36.8 Å². The second kappa shape index (κ2) is 6.19. The first-order valence-corrected chi connectivity index (χ1v) is 10.8. The van der Waals surface area contributed by atoms with Gasteiger partial charge in [0.05, 0.1) is 13.2 Å². The van der Waals surface area contributed by atoms with E-state index in [1.165, 1.54) is 6.42 Å². The highest BCUT2D eigenvalue weighted by atomic mass is 31.2. The molecule has 0 radical (unpaired) electrons. The number of rotatable bonds is 1. The van der Waals surface area contributed by atoms with Crippen molar-refractivity contribution in [2.24, 2.45) is 5.41 Å². The summed E-state index contributed by atoms with van der Waals surface area (Å²) in [4.78, 5) is 13.1. The Morgan fingerprint density at radius 3 is 2.36 bits per heavy atom.